The van der Waals surface area contributed by atoms with Crippen molar-refractivity contribution in [1.82, 2.24) is 19.9 Å². The van der Waals surface area contributed by atoms with Crippen molar-refractivity contribution < 1.29 is 0 Å². The molecule has 0 spiro atoms. The molecule has 0 atom stereocenters. The maximum absolute atomic E-state index is 5.05. The van der Waals surface area contributed by atoms with Crippen LogP contribution in [-0.4, -0.2) is 19.9 Å². The largest absolute Gasteiger partial charge is 0.355 e. The Kier molecular flexibility index (Phi) is 3.45. The van der Waals surface area contributed by atoms with Crippen LogP contribution in [0.2, 0.25) is 0 Å². The Balaban J connectivity index is 1.88. The van der Waals surface area contributed by atoms with Gasteiger partial charge in [-0.3, -0.25) is 4.98 Å². The summed E-state index contributed by atoms with van der Waals surface area (Å²) in [6.45, 7) is 9.10. The Morgan fingerprint density at radius 2 is 0.964 bits per heavy atom. The highest BCUT2D eigenvalue weighted by Crippen LogP contribution is 2.46. The van der Waals surface area contributed by atoms with E-state index in [9.17, 15) is 0 Å². The van der Waals surface area contributed by atoms with Gasteiger partial charge in [-0.15, -0.1) is 0 Å². The quantitative estimate of drug-likeness (QED) is 0.416. The van der Waals surface area contributed by atoms with Crippen LogP contribution in [0.5, 0.6) is 0 Å². The Hall–Kier alpha value is -3.14. The molecule has 5 rings (SSSR count). The molecular weight excluding hydrogens is 344 g/mol. The van der Waals surface area contributed by atoms with Crippen molar-refractivity contribution in [2.24, 2.45) is 0 Å². The van der Waals surface area contributed by atoms with E-state index in [1.165, 1.54) is 0 Å². The second-order valence-electron chi connectivity index (χ2n) is 8.74. The summed E-state index contributed by atoms with van der Waals surface area (Å²) in [6, 6.07) is 16.9. The first-order valence-electron chi connectivity index (χ1n) is 9.69. The van der Waals surface area contributed by atoms with E-state index < -0.39 is 0 Å². The number of hydrogen-bond donors (Lipinski definition) is 2. The predicted molar refractivity (Wildman–Crippen MR) is 116 cm³/mol. The van der Waals surface area contributed by atoms with Crippen LogP contribution in [0.25, 0.3) is 34.2 Å². The number of rotatable bonds is 0. The Bertz CT molecular complexity index is 1170. The van der Waals surface area contributed by atoms with E-state index in [4.69, 9.17) is 9.97 Å². The summed E-state index contributed by atoms with van der Waals surface area (Å²) in [7, 11) is 0. The van der Waals surface area contributed by atoms with E-state index in [0.29, 0.717) is 0 Å². The van der Waals surface area contributed by atoms with Gasteiger partial charge in [0.05, 0.1) is 11.4 Å². The molecule has 2 aliphatic heterocycles. The van der Waals surface area contributed by atoms with E-state index in [2.05, 4.69) is 86.2 Å². The molecule has 0 saturated carbocycles. The third kappa shape index (κ3) is 2.60. The molecule has 0 amide bonds. The highest BCUT2D eigenvalue weighted by molar-refractivity contribution is 5.75. The van der Waals surface area contributed by atoms with Gasteiger partial charge in [0.1, 0.15) is 0 Å². The second-order valence-corrected chi connectivity index (χ2v) is 8.74. The van der Waals surface area contributed by atoms with Gasteiger partial charge in [0, 0.05) is 44.3 Å². The van der Waals surface area contributed by atoms with Crippen LogP contribution in [0, 0.1) is 0 Å². The molecule has 5 heterocycles. The van der Waals surface area contributed by atoms with E-state index >= 15 is 0 Å². The van der Waals surface area contributed by atoms with Crippen molar-refractivity contribution in [3.05, 3.63) is 71.3 Å². The first kappa shape index (κ1) is 17.0. The van der Waals surface area contributed by atoms with Crippen LogP contribution < -0.4 is 0 Å². The summed E-state index contributed by atoms with van der Waals surface area (Å²) in [5.41, 5.74) is 8.11. The number of nitrogens with one attached hydrogen (secondary N) is 2. The van der Waals surface area contributed by atoms with Crippen molar-refractivity contribution in [2.45, 2.75) is 38.5 Å². The third-order valence-electron chi connectivity index (χ3n) is 6.42. The van der Waals surface area contributed by atoms with Gasteiger partial charge in [-0.1, -0.05) is 27.7 Å². The summed E-state index contributed by atoms with van der Waals surface area (Å²) in [5, 5.41) is 0. The fourth-order valence-corrected chi connectivity index (χ4v) is 3.84. The van der Waals surface area contributed by atoms with Gasteiger partial charge in [-0.25, -0.2) is 4.98 Å². The van der Waals surface area contributed by atoms with Crippen LogP contribution in [-0.2, 0) is 10.8 Å². The monoisotopic (exact) mass is 368 g/mol. The van der Waals surface area contributed by atoms with Gasteiger partial charge >= 0.3 is 0 Å². The molecule has 0 aliphatic carbocycles. The highest BCUT2D eigenvalue weighted by atomic mass is 14.8. The molecule has 2 aliphatic rings. The SMILES string of the molecule is CC1(C)c2cc3ccc(cc4nc(cc5ccc(cc(n2)C1(C)C)[nH]5)C=C4)[nH]3. The van der Waals surface area contributed by atoms with Gasteiger partial charge in [-0.2, -0.15) is 0 Å². The molecule has 140 valence electrons. The smallest absolute Gasteiger partial charge is 0.0658 e. The summed E-state index contributed by atoms with van der Waals surface area (Å²) in [6.07, 6.45) is 4.08. The lowest BCUT2D eigenvalue weighted by Crippen LogP contribution is -2.35. The summed E-state index contributed by atoms with van der Waals surface area (Å²) >= 11 is 0. The lowest BCUT2D eigenvalue weighted by molar-refractivity contribution is 0.322. The van der Waals surface area contributed by atoms with E-state index in [1.807, 2.05) is 12.2 Å². The fourth-order valence-electron chi connectivity index (χ4n) is 3.84. The molecule has 4 nitrogen and oxygen atoms in total. The topological polar surface area (TPSA) is 57.4 Å². The minimum atomic E-state index is -0.0783. The van der Waals surface area contributed by atoms with Crippen molar-refractivity contribution in [1.29, 1.82) is 0 Å². The molecular formula is C24H24N4. The minimum Gasteiger partial charge on any atom is -0.355 e. The Labute approximate surface area is 164 Å². The third-order valence-corrected chi connectivity index (χ3v) is 6.42. The first-order valence-corrected chi connectivity index (χ1v) is 9.69. The molecule has 3 aromatic rings. The second kappa shape index (κ2) is 5.68. The van der Waals surface area contributed by atoms with Crippen molar-refractivity contribution in [2.75, 3.05) is 0 Å². The zero-order valence-corrected chi connectivity index (χ0v) is 16.7. The van der Waals surface area contributed by atoms with Gasteiger partial charge in [0.25, 0.3) is 0 Å². The average molecular weight is 368 g/mol. The first-order chi connectivity index (χ1) is 13.3. The summed E-state index contributed by atoms with van der Waals surface area (Å²) in [5.74, 6) is 0. The molecule has 28 heavy (non-hydrogen) atoms. The molecule has 3 aromatic heterocycles. The number of H-pyrrole nitrogens is 2. The number of hydrogen-bond acceptors (Lipinski definition) is 2. The van der Waals surface area contributed by atoms with Crippen LogP contribution in [0.1, 0.15) is 50.5 Å². The number of aromatic nitrogens is 4. The molecule has 0 saturated heterocycles. The van der Waals surface area contributed by atoms with E-state index in [1.54, 1.807) is 0 Å². The predicted octanol–water partition coefficient (Wildman–Crippen LogP) is 5.74. The van der Waals surface area contributed by atoms with Crippen LogP contribution in [0.3, 0.4) is 0 Å². The summed E-state index contributed by atoms with van der Waals surface area (Å²) < 4.78 is 0. The van der Waals surface area contributed by atoms with E-state index in [-0.39, 0.29) is 10.8 Å². The summed E-state index contributed by atoms with van der Waals surface area (Å²) in [4.78, 5) is 16.7. The number of fused-ring (bicyclic) bond motifs is 8. The minimum absolute atomic E-state index is 0.0783. The molecule has 8 bridgehead atoms. The fraction of sp³-hybridized carbons (Fsp3) is 0.250. The number of aromatic amines is 2. The van der Waals surface area contributed by atoms with Gasteiger partial charge < -0.3 is 9.97 Å². The normalized spacial score (nSPS) is 17.0. The van der Waals surface area contributed by atoms with Crippen molar-refractivity contribution >= 4 is 34.2 Å². The molecule has 0 unspecified atom stereocenters. The molecule has 0 radical (unpaired) electrons. The molecule has 4 heteroatoms. The van der Waals surface area contributed by atoms with Gasteiger partial charge in [0.15, 0.2) is 0 Å². The average Bonchev–Trinajstić information content (AvgIpc) is 3.38. The lowest BCUT2D eigenvalue weighted by Gasteiger charge is -2.34. The van der Waals surface area contributed by atoms with E-state index in [0.717, 1.165) is 44.8 Å². The zero-order chi connectivity index (χ0) is 19.5. The van der Waals surface area contributed by atoms with Crippen molar-refractivity contribution in [3.63, 3.8) is 0 Å². The van der Waals surface area contributed by atoms with Crippen molar-refractivity contribution in [3.8, 4) is 0 Å². The molecule has 2 N–H and O–H groups in total. The number of nitrogens with zero attached hydrogens (tertiary/aromatic N) is 2. The maximum atomic E-state index is 5.05. The van der Waals surface area contributed by atoms with Gasteiger partial charge in [0.2, 0.25) is 0 Å². The Morgan fingerprint density at radius 1 is 0.571 bits per heavy atom. The standard InChI is InChI=1S/C24H24N4/c1-23(2)21-13-19-9-7-17(26-19)11-15-5-6-16(25-15)12-18-8-10-20(27-18)14-22(28-21)24(23,3)4/h5-14,26-27H,1-4H3. The van der Waals surface area contributed by atoms with Crippen LogP contribution >= 0.6 is 0 Å². The van der Waals surface area contributed by atoms with Crippen LogP contribution in [0.15, 0.2) is 48.5 Å². The zero-order valence-electron chi connectivity index (χ0n) is 16.7. The lowest BCUT2D eigenvalue weighted by atomic mass is 9.66. The molecule has 0 aromatic carbocycles. The highest BCUT2D eigenvalue weighted by Gasteiger charge is 2.45. The van der Waals surface area contributed by atoms with Gasteiger partial charge in [-0.05, 0) is 60.7 Å². The van der Waals surface area contributed by atoms with Crippen LogP contribution in [0.4, 0.5) is 0 Å². The molecule has 0 fully saturated rings. The Morgan fingerprint density at radius 3 is 1.39 bits per heavy atom. The maximum Gasteiger partial charge on any atom is 0.0658 e.